The van der Waals surface area contributed by atoms with Gasteiger partial charge in [0.25, 0.3) is 0 Å². The van der Waals surface area contributed by atoms with Gasteiger partial charge in [-0.1, -0.05) is 0 Å². The number of halogens is 6. The van der Waals surface area contributed by atoms with Crippen molar-refractivity contribution in [2.24, 2.45) is 0 Å². The number of furan rings is 1. The first-order valence-electron chi connectivity index (χ1n) is 5.31. The lowest BCUT2D eigenvalue weighted by Gasteiger charge is -2.17. The molecule has 8 heteroatoms. The van der Waals surface area contributed by atoms with Crippen molar-refractivity contribution >= 4 is 15.9 Å². The zero-order valence-corrected chi connectivity index (χ0v) is 11.5. The Bertz CT molecular complexity index is 629. The quantitative estimate of drug-likeness (QED) is 0.510. The first-order chi connectivity index (χ1) is 9.40. The van der Waals surface area contributed by atoms with Gasteiger partial charge < -0.3 is 9.73 Å². The molecule has 0 radical (unpaired) electrons. The van der Waals surface area contributed by atoms with E-state index in [4.69, 9.17) is 4.42 Å². The van der Waals surface area contributed by atoms with Gasteiger partial charge >= 0.3 is 0 Å². The van der Waals surface area contributed by atoms with Crippen LogP contribution in [0.25, 0.3) is 0 Å². The zero-order valence-electron chi connectivity index (χ0n) is 9.91. The number of hydrogen-bond donors (Lipinski definition) is 1. The standard InChI is InChI=1S/C12H7BrF5NO/c1-19-11(12-4(13)2-3-20-12)5-6(14)8(16)10(18)9(17)7(5)15/h2-3,11,19H,1H3. The van der Waals surface area contributed by atoms with E-state index < -0.39 is 40.7 Å². The zero-order chi connectivity index (χ0) is 15.0. The fourth-order valence-corrected chi connectivity index (χ4v) is 2.22. The molecule has 0 aliphatic heterocycles. The molecule has 1 aromatic carbocycles. The van der Waals surface area contributed by atoms with Crippen molar-refractivity contribution < 1.29 is 26.4 Å². The van der Waals surface area contributed by atoms with Gasteiger partial charge in [-0.05, 0) is 29.0 Å². The fraction of sp³-hybridized carbons (Fsp3) is 0.167. The van der Waals surface area contributed by atoms with Crippen molar-refractivity contribution in [2.45, 2.75) is 6.04 Å². The molecule has 1 unspecified atom stereocenters. The second-order valence-electron chi connectivity index (χ2n) is 3.84. The molecule has 2 rings (SSSR count). The summed E-state index contributed by atoms with van der Waals surface area (Å²) < 4.78 is 72.3. The van der Waals surface area contributed by atoms with Gasteiger partial charge in [-0.2, -0.15) is 0 Å². The summed E-state index contributed by atoms with van der Waals surface area (Å²) in [4.78, 5) is 0. The molecular weight excluding hydrogens is 349 g/mol. The predicted octanol–water partition coefficient (Wildman–Crippen LogP) is 4.05. The van der Waals surface area contributed by atoms with E-state index in [2.05, 4.69) is 21.2 Å². The van der Waals surface area contributed by atoms with Gasteiger partial charge in [-0.3, -0.25) is 0 Å². The van der Waals surface area contributed by atoms with Gasteiger partial charge in [0, 0.05) is 0 Å². The van der Waals surface area contributed by atoms with E-state index in [0.29, 0.717) is 4.47 Å². The van der Waals surface area contributed by atoms with Gasteiger partial charge in [-0.15, -0.1) is 0 Å². The Morgan fingerprint density at radius 2 is 1.50 bits per heavy atom. The molecule has 1 atom stereocenters. The minimum Gasteiger partial charge on any atom is -0.466 e. The summed E-state index contributed by atoms with van der Waals surface area (Å²) >= 11 is 3.07. The largest absolute Gasteiger partial charge is 0.466 e. The third-order valence-electron chi connectivity index (χ3n) is 2.73. The van der Waals surface area contributed by atoms with Crippen molar-refractivity contribution in [3.63, 3.8) is 0 Å². The van der Waals surface area contributed by atoms with E-state index in [-0.39, 0.29) is 5.76 Å². The van der Waals surface area contributed by atoms with Gasteiger partial charge in [-0.25, -0.2) is 22.0 Å². The highest BCUT2D eigenvalue weighted by molar-refractivity contribution is 9.10. The van der Waals surface area contributed by atoms with Crippen LogP contribution in [0, 0.1) is 29.1 Å². The highest BCUT2D eigenvalue weighted by Gasteiger charge is 2.32. The maximum Gasteiger partial charge on any atom is 0.200 e. The summed E-state index contributed by atoms with van der Waals surface area (Å²) in [6, 6.07) is 0.107. The molecule has 0 bridgehead atoms. The van der Waals surface area contributed by atoms with Gasteiger partial charge in [0.15, 0.2) is 23.3 Å². The van der Waals surface area contributed by atoms with Crippen LogP contribution in [-0.4, -0.2) is 7.05 Å². The molecule has 108 valence electrons. The van der Waals surface area contributed by atoms with Crippen LogP contribution in [-0.2, 0) is 0 Å². The first-order valence-corrected chi connectivity index (χ1v) is 6.10. The second-order valence-corrected chi connectivity index (χ2v) is 4.69. The van der Waals surface area contributed by atoms with E-state index in [1.54, 1.807) is 0 Å². The molecule has 0 spiro atoms. The van der Waals surface area contributed by atoms with Crippen molar-refractivity contribution in [3.8, 4) is 0 Å². The Balaban J connectivity index is 2.71. The van der Waals surface area contributed by atoms with Crippen molar-refractivity contribution in [1.82, 2.24) is 5.32 Å². The van der Waals surface area contributed by atoms with Crippen molar-refractivity contribution in [1.29, 1.82) is 0 Å². The molecule has 1 N–H and O–H groups in total. The summed E-state index contributed by atoms with van der Waals surface area (Å²) in [5, 5.41) is 2.46. The van der Waals surface area contributed by atoms with E-state index in [1.165, 1.54) is 19.4 Å². The maximum atomic E-state index is 13.7. The number of benzene rings is 1. The lowest BCUT2D eigenvalue weighted by molar-refractivity contribution is 0.355. The van der Waals surface area contributed by atoms with Crippen LogP contribution in [0.5, 0.6) is 0 Å². The minimum absolute atomic E-state index is 0.00397. The lowest BCUT2D eigenvalue weighted by Crippen LogP contribution is -2.22. The van der Waals surface area contributed by atoms with Crippen LogP contribution in [0.4, 0.5) is 22.0 Å². The Kier molecular flexibility index (Phi) is 4.14. The third kappa shape index (κ3) is 2.22. The Morgan fingerprint density at radius 3 is 1.90 bits per heavy atom. The normalized spacial score (nSPS) is 12.8. The molecule has 0 saturated carbocycles. The van der Waals surface area contributed by atoms with Crippen LogP contribution < -0.4 is 5.32 Å². The van der Waals surface area contributed by atoms with E-state index in [9.17, 15) is 22.0 Å². The van der Waals surface area contributed by atoms with Crippen LogP contribution in [0.15, 0.2) is 21.2 Å². The average molecular weight is 356 g/mol. The average Bonchev–Trinajstić information content (AvgIpc) is 2.85. The highest BCUT2D eigenvalue weighted by atomic mass is 79.9. The Morgan fingerprint density at radius 1 is 1.00 bits per heavy atom. The third-order valence-corrected chi connectivity index (χ3v) is 3.38. The summed E-state index contributed by atoms with van der Waals surface area (Å²) in [5.74, 6) is -10.00. The fourth-order valence-electron chi connectivity index (χ4n) is 1.79. The molecule has 0 fully saturated rings. The highest BCUT2D eigenvalue weighted by Crippen LogP contribution is 2.34. The summed E-state index contributed by atoms with van der Waals surface area (Å²) in [7, 11) is 1.30. The van der Waals surface area contributed by atoms with Crippen molar-refractivity contribution in [2.75, 3.05) is 7.05 Å². The Labute approximate surface area is 118 Å². The van der Waals surface area contributed by atoms with Crippen LogP contribution >= 0.6 is 15.9 Å². The van der Waals surface area contributed by atoms with E-state index in [1.807, 2.05) is 0 Å². The number of nitrogens with one attached hydrogen (secondary N) is 1. The topological polar surface area (TPSA) is 25.2 Å². The van der Waals surface area contributed by atoms with Gasteiger partial charge in [0.1, 0.15) is 5.76 Å². The van der Waals surface area contributed by atoms with Crippen molar-refractivity contribution in [3.05, 3.63) is 57.2 Å². The molecule has 0 saturated heterocycles. The summed E-state index contributed by atoms with van der Waals surface area (Å²) in [5.41, 5.74) is -1.00. The Hall–Kier alpha value is -1.41. The molecule has 2 aromatic rings. The molecule has 1 aromatic heterocycles. The van der Waals surface area contributed by atoms with Gasteiger partial charge in [0.05, 0.1) is 22.3 Å². The summed E-state index contributed by atoms with van der Waals surface area (Å²) in [6.07, 6.45) is 1.22. The molecule has 2 nitrogen and oxygen atoms in total. The minimum atomic E-state index is -2.20. The molecule has 0 amide bonds. The maximum absolute atomic E-state index is 13.7. The van der Waals surface area contributed by atoms with E-state index >= 15 is 0 Å². The smallest absolute Gasteiger partial charge is 0.200 e. The second kappa shape index (κ2) is 5.53. The summed E-state index contributed by atoms with van der Waals surface area (Å²) in [6.45, 7) is 0. The first kappa shape index (κ1) is 15.0. The monoisotopic (exact) mass is 355 g/mol. The molecule has 20 heavy (non-hydrogen) atoms. The molecule has 0 aliphatic rings. The molecule has 0 aliphatic carbocycles. The van der Waals surface area contributed by atoms with E-state index in [0.717, 1.165) is 0 Å². The number of hydrogen-bond acceptors (Lipinski definition) is 2. The molecule has 1 heterocycles. The number of rotatable bonds is 3. The van der Waals surface area contributed by atoms with Crippen LogP contribution in [0.3, 0.4) is 0 Å². The van der Waals surface area contributed by atoms with Crippen LogP contribution in [0.2, 0.25) is 0 Å². The van der Waals surface area contributed by atoms with Crippen LogP contribution in [0.1, 0.15) is 17.4 Å². The van der Waals surface area contributed by atoms with Gasteiger partial charge in [0.2, 0.25) is 5.82 Å². The predicted molar refractivity (Wildman–Crippen MR) is 63.5 cm³/mol. The lowest BCUT2D eigenvalue weighted by atomic mass is 10.0. The SMILES string of the molecule is CNC(c1occc1Br)c1c(F)c(F)c(F)c(F)c1F. The molecular formula is C12H7BrF5NO.